The first-order chi connectivity index (χ1) is 16.1. The van der Waals surface area contributed by atoms with E-state index in [4.69, 9.17) is 5.73 Å². The molecule has 176 valence electrons. The Bertz CT molecular complexity index is 1240. The average molecular weight is 466 g/mol. The molecule has 2 saturated heterocycles. The van der Waals surface area contributed by atoms with Gasteiger partial charge in [0.2, 0.25) is 23.3 Å². The number of aryl methyl sites for hydroxylation is 1. The minimum atomic E-state index is -1.30. The highest BCUT2D eigenvalue weighted by atomic mass is 19.1. The molecule has 9 heteroatoms. The molecule has 8 nitrogen and oxygen atoms in total. The van der Waals surface area contributed by atoms with E-state index < -0.39 is 41.0 Å². The number of carbonyl (C=O) groups excluding carboxylic acids is 4. The van der Waals surface area contributed by atoms with Crippen LogP contribution in [0.2, 0.25) is 0 Å². The van der Waals surface area contributed by atoms with E-state index in [1.807, 2.05) is 26.0 Å². The predicted octanol–water partition coefficient (Wildman–Crippen LogP) is 0.602. The molecule has 34 heavy (non-hydrogen) atoms. The molecular formula is C25H26FN4O4+. The summed E-state index contributed by atoms with van der Waals surface area (Å²) in [6.45, 7) is 3.84. The van der Waals surface area contributed by atoms with Crippen molar-refractivity contribution in [1.29, 1.82) is 0 Å². The first kappa shape index (κ1) is 22.2. The van der Waals surface area contributed by atoms with Crippen LogP contribution in [0.5, 0.6) is 0 Å². The lowest BCUT2D eigenvalue weighted by molar-refractivity contribution is -0.734. The van der Waals surface area contributed by atoms with Gasteiger partial charge in [-0.05, 0) is 48.7 Å². The highest BCUT2D eigenvalue weighted by Gasteiger charge is 2.74. The maximum Gasteiger partial charge on any atom is 0.291 e. The summed E-state index contributed by atoms with van der Waals surface area (Å²) >= 11 is 0. The van der Waals surface area contributed by atoms with Crippen molar-refractivity contribution in [3.8, 4) is 0 Å². The van der Waals surface area contributed by atoms with Gasteiger partial charge in [0.15, 0.2) is 0 Å². The highest BCUT2D eigenvalue weighted by Crippen LogP contribution is 2.50. The van der Waals surface area contributed by atoms with Gasteiger partial charge in [-0.15, -0.1) is 0 Å². The van der Waals surface area contributed by atoms with Crippen LogP contribution in [0.4, 0.5) is 10.1 Å². The molecule has 0 unspecified atom stereocenters. The van der Waals surface area contributed by atoms with Crippen molar-refractivity contribution in [1.82, 2.24) is 4.90 Å². The van der Waals surface area contributed by atoms with E-state index in [-0.39, 0.29) is 31.2 Å². The second-order valence-corrected chi connectivity index (χ2v) is 9.48. The number of nitrogens with one attached hydrogen (secondary N) is 1. The third kappa shape index (κ3) is 3.07. The molecule has 0 saturated carbocycles. The first-order valence-corrected chi connectivity index (χ1v) is 11.3. The summed E-state index contributed by atoms with van der Waals surface area (Å²) in [5, 5.41) is 4.76. The average Bonchev–Trinajstić information content (AvgIpc) is 3.37. The fraction of sp³-hybridized carbons (Fsp3) is 0.360. The smallest absolute Gasteiger partial charge is 0.291 e. The largest absolute Gasteiger partial charge is 0.370 e. The molecule has 4 amide bonds. The Hall–Kier alpha value is -3.59. The molecule has 0 radical (unpaired) electrons. The molecule has 3 heterocycles. The maximum atomic E-state index is 13.8. The Kier molecular flexibility index (Phi) is 5.05. The van der Waals surface area contributed by atoms with Crippen molar-refractivity contribution < 1.29 is 28.9 Å². The summed E-state index contributed by atoms with van der Waals surface area (Å²) in [7, 11) is 0. The summed E-state index contributed by atoms with van der Waals surface area (Å²) in [4.78, 5) is 53.6. The molecule has 5 N–H and O–H groups in total. The molecular weight excluding hydrogens is 439 g/mol. The monoisotopic (exact) mass is 465 g/mol. The lowest BCUT2D eigenvalue weighted by atomic mass is 9.76. The van der Waals surface area contributed by atoms with Gasteiger partial charge in [-0.3, -0.25) is 24.1 Å². The number of rotatable bonds is 5. The zero-order valence-corrected chi connectivity index (χ0v) is 18.9. The summed E-state index contributed by atoms with van der Waals surface area (Å²) in [6, 6.07) is 8.90. The van der Waals surface area contributed by atoms with Gasteiger partial charge >= 0.3 is 0 Å². The van der Waals surface area contributed by atoms with Gasteiger partial charge < -0.3 is 16.4 Å². The van der Waals surface area contributed by atoms with E-state index in [0.717, 1.165) is 11.1 Å². The Labute approximate surface area is 195 Å². The minimum absolute atomic E-state index is 0.00896. The number of primary amides is 1. The number of hydrogen-bond acceptors (Lipinski definition) is 4. The molecule has 2 aromatic carbocycles. The van der Waals surface area contributed by atoms with Crippen LogP contribution in [0.3, 0.4) is 0 Å². The Morgan fingerprint density at radius 1 is 1.12 bits per heavy atom. The van der Waals surface area contributed by atoms with Crippen LogP contribution in [0, 0.1) is 31.5 Å². The predicted molar refractivity (Wildman–Crippen MR) is 119 cm³/mol. The molecule has 5 rings (SSSR count). The van der Waals surface area contributed by atoms with Crippen molar-refractivity contribution in [2.24, 2.45) is 17.6 Å². The zero-order chi connectivity index (χ0) is 24.4. The number of anilines is 1. The number of benzene rings is 2. The van der Waals surface area contributed by atoms with E-state index in [1.165, 1.54) is 29.2 Å². The van der Waals surface area contributed by atoms with Gasteiger partial charge in [0.05, 0.1) is 12.2 Å². The normalized spacial score (nSPS) is 27.3. The molecule has 0 bridgehead atoms. The zero-order valence-electron chi connectivity index (χ0n) is 18.9. The number of halogens is 1. The number of nitrogens with two attached hydrogens (primary N) is 2. The molecule has 1 spiro atoms. The number of quaternary nitrogens is 1. The quantitative estimate of drug-likeness (QED) is 0.559. The van der Waals surface area contributed by atoms with Crippen molar-refractivity contribution in [2.75, 3.05) is 5.32 Å². The molecule has 0 aromatic heterocycles. The Balaban J connectivity index is 1.59. The van der Waals surface area contributed by atoms with Crippen LogP contribution < -0.4 is 16.4 Å². The second-order valence-electron chi connectivity index (χ2n) is 9.48. The van der Waals surface area contributed by atoms with E-state index in [9.17, 15) is 23.6 Å². The van der Waals surface area contributed by atoms with Crippen molar-refractivity contribution in [3.63, 3.8) is 0 Å². The van der Waals surface area contributed by atoms with Crippen LogP contribution in [-0.4, -0.2) is 34.6 Å². The number of hydrogen-bond donors (Lipinski definition) is 3. The number of likely N-dealkylation sites (tertiary alicyclic amines) is 1. The molecule has 2 fully saturated rings. The fourth-order valence-electron chi connectivity index (χ4n) is 5.84. The van der Waals surface area contributed by atoms with Crippen molar-refractivity contribution in [2.45, 2.75) is 44.8 Å². The molecule has 3 aliphatic rings. The van der Waals surface area contributed by atoms with Gasteiger partial charge in [0, 0.05) is 18.4 Å². The SMILES string of the molecule is Cc1ccc2c(c1C)NC(=O)[C@]21[NH2+][C@@H](CCC(N)=O)[C@H]2C(=O)N(Cc3ccc(F)cc3)C(=O)[C@H]21. The summed E-state index contributed by atoms with van der Waals surface area (Å²) < 4.78 is 13.4. The van der Waals surface area contributed by atoms with E-state index in [0.29, 0.717) is 16.8 Å². The Morgan fingerprint density at radius 3 is 2.50 bits per heavy atom. The van der Waals surface area contributed by atoms with E-state index in [1.54, 1.807) is 5.32 Å². The number of fused-ring (bicyclic) bond motifs is 4. The summed E-state index contributed by atoms with van der Waals surface area (Å²) in [5.74, 6) is -3.76. The van der Waals surface area contributed by atoms with Gasteiger partial charge in [-0.1, -0.05) is 18.2 Å². The molecule has 3 aliphatic heterocycles. The Morgan fingerprint density at radius 2 is 1.82 bits per heavy atom. The van der Waals surface area contributed by atoms with Crippen LogP contribution in [0.15, 0.2) is 36.4 Å². The topological polar surface area (TPSA) is 126 Å². The third-order valence-corrected chi connectivity index (χ3v) is 7.64. The minimum Gasteiger partial charge on any atom is -0.370 e. The van der Waals surface area contributed by atoms with Crippen molar-refractivity contribution in [3.05, 3.63) is 64.5 Å². The number of carbonyl (C=O) groups is 4. The van der Waals surface area contributed by atoms with Crippen LogP contribution >= 0.6 is 0 Å². The van der Waals surface area contributed by atoms with E-state index >= 15 is 0 Å². The summed E-state index contributed by atoms with van der Waals surface area (Å²) in [6.07, 6.45) is 0.316. The van der Waals surface area contributed by atoms with Crippen LogP contribution in [0.25, 0.3) is 0 Å². The first-order valence-electron chi connectivity index (χ1n) is 11.3. The molecule has 2 aromatic rings. The maximum absolute atomic E-state index is 13.8. The number of nitrogens with zero attached hydrogens (tertiary/aromatic N) is 1. The van der Waals surface area contributed by atoms with Gasteiger partial charge in [-0.2, -0.15) is 0 Å². The van der Waals surface area contributed by atoms with Gasteiger partial charge in [-0.25, -0.2) is 4.39 Å². The summed E-state index contributed by atoms with van der Waals surface area (Å²) in [5.41, 5.74) is 7.95. The van der Waals surface area contributed by atoms with Gasteiger partial charge in [0.25, 0.3) is 5.91 Å². The number of amides is 4. The van der Waals surface area contributed by atoms with Crippen molar-refractivity contribution >= 4 is 29.3 Å². The van der Waals surface area contributed by atoms with Gasteiger partial charge in [0.1, 0.15) is 23.7 Å². The molecule has 4 atom stereocenters. The van der Waals surface area contributed by atoms with Crippen LogP contribution in [-0.2, 0) is 31.3 Å². The van der Waals surface area contributed by atoms with Crippen LogP contribution in [0.1, 0.15) is 35.1 Å². The number of imide groups is 1. The lowest BCUT2D eigenvalue weighted by Crippen LogP contribution is -2.99. The second kappa shape index (κ2) is 7.73. The third-order valence-electron chi connectivity index (χ3n) is 7.64. The standard InChI is InChI=1S/C25H25FN4O4/c1-12-3-8-16-21(13(12)2)28-24(34)25(16)20-19(17(29-25)9-10-18(27)31)22(32)30(23(20)33)11-14-4-6-15(26)7-5-14/h3-8,17,19-20,29H,9-11H2,1-2H3,(H2,27,31)(H,28,34)/p+1/t17-,19+,20-,25-/m0/s1. The fourth-order valence-corrected chi connectivity index (χ4v) is 5.84. The lowest BCUT2D eigenvalue weighted by Gasteiger charge is -2.26. The molecule has 0 aliphatic carbocycles. The highest BCUT2D eigenvalue weighted by molar-refractivity contribution is 6.14. The van der Waals surface area contributed by atoms with E-state index in [2.05, 4.69) is 5.32 Å².